The molecule has 0 aliphatic heterocycles. The number of ether oxygens (including phenoxy) is 1. The van der Waals surface area contributed by atoms with E-state index in [2.05, 4.69) is 13.8 Å². The summed E-state index contributed by atoms with van der Waals surface area (Å²) in [5.74, 6) is 1.43. The highest BCUT2D eigenvalue weighted by atomic mass is 16.5. The highest BCUT2D eigenvalue weighted by molar-refractivity contribution is 5.49. The van der Waals surface area contributed by atoms with Crippen molar-refractivity contribution in [3.8, 4) is 5.75 Å². The molecule has 1 atom stereocenters. The molecule has 0 aromatic heterocycles. The van der Waals surface area contributed by atoms with Gasteiger partial charge in [0.2, 0.25) is 0 Å². The lowest BCUT2D eigenvalue weighted by Gasteiger charge is -2.14. The summed E-state index contributed by atoms with van der Waals surface area (Å²) in [5.41, 5.74) is 7.72. The fourth-order valence-corrected chi connectivity index (χ4v) is 1.36. The third-order valence-electron chi connectivity index (χ3n) is 2.40. The van der Waals surface area contributed by atoms with E-state index >= 15 is 0 Å². The Morgan fingerprint density at radius 2 is 2.15 bits per heavy atom. The van der Waals surface area contributed by atoms with Crippen LogP contribution >= 0.6 is 0 Å². The van der Waals surface area contributed by atoms with Gasteiger partial charge in [0.15, 0.2) is 0 Å². The number of benzene rings is 1. The molecule has 2 nitrogen and oxygen atoms in total. The Morgan fingerprint density at radius 1 is 1.46 bits per heavy atom. The second-order valence-corrected chi connectivity index (χ2v) is 3.31. The van der Waals surface area contributed by atoms with Crippen molar-refractivity contribution < 1.29 is 4.74 Å². The molecular formula is C11H17NO. The van der Waals surface area contributed by atoms with Crippen LogP contribution < -0.4 is 10.5 Å². The van der Waals surface area contributed by atoms with Crippen molar-refractivity contribution in [1.82, 2.24) is 0 Å². The van der Waals surface area contributed by atoms with Crippen molar-refractivity contribution in [3.63, 3.8) is 0 Å². The first-order valence-corrected chi connectivity index (χ1v) is 4.62. The van der Waals surface area contributed by atoms with Crippen LogP contribution in [-0.2, 0) is 0 Å². The standard InChI is InChI=1S/C11H17NO/c1-4-8(2)10-7-9(12)5-6-11(10)13-3/h5-8H,4,12H2,1-3H3. The molecule has 0 radical (unpaired) electrons. The first kappa shape index (κ1) is 9.90. The molecular weight excluding hydrogens is 162 g/mol. The maximum atomic E-state index is 5.72. The fraction of sp³-hybridized carbons (Fsp3) is 0.455. The van der Waals surface area contributed by atoms with Gasteiger partial charge in [0, 0.05) is 5.69 Å². The smallest absolute Gasteiger partial charge is 0.122 e. The maximum absolute atomic E-state index is 5.72. The summed E-state index contributed by atoms with van der Waals surface area (Å²) in [7, 11) is 1.69. The minimum Gasteiger partial charge on any atom is -0.496 e. The molecule has 0 spiro atoms. The Bertz CT molecular complexity index is 283. The quantitative estimate of drug-likeness (QED) is 0.724. The molecule has 1 unspecified atom stereocenters. The van der Waals surface area contributed by atoms with E-state index in [1.807, 2.05) is 18.2 Å². The topological polar surface area (TPSA) is 35.2 Å². The van der Waals surface area contributed by atoms with Crippen LogP contribution in [0.2, 0.25) is 0 Å². The van der Waals surface area contributed by atoms with Crippen molar-refractivity contribution in [2.45, 2.75) is 26.2 Å². The summed E-state index contributed by atoms with van der Waals surface area (Å²) in [4.78, 5) is 0. The Hall–Kier alpha value is -1.18. The predicted octanol–water partition coefficient (Wildman–Crippen LogP) is 2.79. The van der Waals surface area contributed by atoms with E-state index in [0.29, 0.717) is 5.92 Å². The minimum absolute atomic E-state index is 0.499. The molecule has 72 valence electrons. The van der Waals surface area contributed by atoms with Gasteiger partial charge < -0.3 is 10.5 Å². The van der Waals surface area contributed by atoms with Gasteiger partial charge in [-0.25, -0.2) is 0 Å². The largest absolute Gasteiger partial charge is 0.496 e. The highest BCUT2D eigenvalue weighted by Gasteiger charge is 2.09. The summed E-state index contributed by atoms with van der Waals surface area (Å²) in [5, 5.41) is 0. The summed E-state index contributed by atoms with van der Waals surface area (Å²) in [6.07, 6.45) is 1.10. The molecule has 0 saturated heterocycles. The van der Waals surface area contributed by atoms with Crippen LogP contribution in [0.3, 0.4) is 0 Å². The fourth-order valence-electron chi connectivity index (χ4n) is 1.36. The predicted molar refractivity (Wildman–Crippen MR) is 56.1 cm³/mol. The molecule has 13 heavy (non-hydrogen) atoms. The minimum atomic E-state index is 0.499. The molecule has 0 saturated carbocycles. The second-order valence-electron chi connectivity index (χ2n) is 3.31. The second kappa shape index (κ2) is 4.17. The lowest BCUT2D eigenvalue weighted by molar-refractivity contribution is 0.406. The molecule has 0 aliphatic rings. The van der Waals surface area contributed by atoms with Gasteiger partial charge in [0.25, 0.3) is 0 Å². The molecule has 0 aliphatic carbocycles. The lowest BCUT2D eigenvalue weighted by Crippen LogP contribution is -1.98. The normalized spacial score (nSPS) is 12.5. The van der Waals surface area contributed by atoms with E-state index in [9.17, 15) is 0 Å². The molecule has 1 aromatic carbocycles. The average Bonchev–Trinajstić information content (AvgIpc) is 2.16. The van der Waals surface area contributed by atoms with Crippen LogP contribution in [0.4, 0.5) is 5.69 Å². The van der Waals surface area contributed by atoms with Crippen molar-refractivity contribution in [1.29, 1.82) is 0 Å². The van der Waals surface area contributed by atoms with Gasteiger partial charge in [0.1, 0.15) is 5.75 Å². The molecule has 2 N–H and O–H groups in total. The van der Waals surface area contributed by atoms with Crippen molar-refractivity contribution >= 4 is 5.69 Å². The van der Waals surface area contributed by atoms with E-state index in [1.54, 1.807) is 7.11 Å². The average molecular weight is 179 g/mol. The number of nitrogens with two attached hydrogens (primary N) is 1. The first-order valence-electron chi connectivity index (χ1n) is 4.62. The molecule has 0 amide bonds. The summed E-state index contributed by atoms with van der Waals surface area (Å²) in [6, 6.07) is 5.79. The van der Waals surface area contributed by atoms with Gasteiger partial charge >= 0.3 is 0 Å². The van der Waals surface area contributed by atoms with Gasteiger partial charge in [-0.05, 0) is 36.1 Å². The van der Waals surface area contributed by atoms with Crippen LogP contribution in [0.1, 0.15) is 31.7 Å². The van der Waals surface area contributed by atoms with Crippen molar-refractivity contribution in [3.05, 3.63) is 23.8 Å². The zero-order chi connectivity index (χ0) is 9.84. The van der Waals surface area contributed by atoms with Gasteiger partial charge in [-0.3, -0.25) is 0 Å². The maximum Gasteiger partial charge on any atom is 0.122 e. The molecule has 1 aromatic rings. The Balaban J connectivity index is 3.07. The van der Waals surface area contributed by atoms with Crippen LogP contribution in [0.25, 0.3) is 0 Å². The zero-order valence-corrected chi connectivity index (χ0v) is 8.50. The number of nitrogen functional groups attached to an aromatic ring is 1. The van der Waals surface area contributed by atoms with Crippen LogP contribution in [0, 0.1) is 0 Å². The van der Waals surface area contributed by atoms with Crippen LogP contribution in [-0.4, -0.2) is 7.11 Å². The molecule has 0 bridgehead atoms. The van der Waals surface area contributed by atoms with Gasteiger partial charge in [0.05, 0.1) is 7.11 Å². The molecule has 1 rings (SSSR count). The van der Waals surface area contributed by atoms with E-state index < -0.39 is 0 Å². The summed E-state index contributed by atoms with van der Waals surface area (Å²) in [6.45, 7) is 4.34. The lowest BCUT2D eigenvalue weighted by atomic mass is 9.97. The monoisotopic (exact) mass is 179 g/mol. The van der Waals surface area contributed by atoms with Crippen molar-refractivity contribution in [2.75, 3.05) is 12.8 Å². The highest BCUT2D eigenvalue weighted by Crippen LogP contribution is 2.30. The van der Waals surface area contributed by atoms with Gasteiger partial charge in [-0.2, -0.15) is 0 Å². The Labute approximate surface area is 79.7 Å². The van der Waals surface area contributed by atoms with E-state index in [4.69, 9.17) is 10.5 Å². The van der Waals surface area contributed by atoms with Gasteiger partial charge in [-0.15, -0.1) is 0 Å². The Morgan fingerprint density at radius 3 is 2.69 bits per heavy atom. The number of methoxy groups -OCH3 is 1. The van der Waals surface area contributed by atoms with E-state index in [1.165, 1.54) is 5.56 Å². The van der Waals surface area contributed by atoms with Crippen LogP contribution in [0.15, 0.2) is 18.2 Å². The van der Waals surface area contributed by atoms with Gasteiger partial charge in [-0.1, -0.05) is 13.8 Å². The van der Waals surface area contributed by atoms with E-state index in [-0.39, 0.29) is 0 Å². The zero-order valence-electron chi connectivity index (χ0n) is 8.50. The molecule has 2 heteroatoms. The SMILES string of the molecule is CCC(C)c1cc(N)ccc1OC. The Kier molecular flexibility index (Phi) is 3.18. The molecule has 0 heterocycles. The third kappa shape index (κ3) is 2.14. The van der Waals surface area contributed by atoms with Crippen LogP contribution in [0.5, 0.6) is 5.75 Å². The number of hydrogen-bond donors (Lipinski definition) is 1. The number of hydrogen-bond acceptors (Lipinski definition) is 2. The summed E-state index contributed by atoms with van der Waals surface area (Å²) < 4.78 is 5.27. The number of rotatable bonds is 3. The molecule has 0 fully saturated rings. The summed E-state index contributed by atoms with van der Waals surface area (Å²) >= 11 is 0. The van der Waals surface area contributed by atoms with E-state index in [0.717, 1.165) is 17.9 Å². The number of anilines is 1. The third-order valence-corrected chi connectivity index (χ3v) is 2.40. The first-order chi connectivity index (χ1) is 6.19. The van der Waals surface area contributed by atoms with Crippen molar-refractivity contribution in [2.24, 2.45) is 0 Å².